The molecule has 0 unspecified atom stereocenters. The molecular formula is C11H9ClN2S. The van der Waals surface area contributed by atoms with E-state index in [-0.39, 0.29) is 0 Å². The number of halogens is 1. The molecule has 0 N–H and O–H groups in total. The number of hydrogen-bond acceptors (Lipinski definition) is 3. The molecule has 1 aromatic carbocycles. The number of nitrogens with zero attached hydrogens (tertiary/aromatic N) is 2. The Kier molecular flexibility index (Phi) is 3.59. The molecule has 76 valence electrons. The van der Waals surface area contributed by atoms with Crippen LogP contribution in [0.15, 0.2) is 47.9 Å². The third-order valence-corrected chi connectivity index (χ3v) is 2.95. The highest BCUT2D eigenvalue weighted by Crippen LogP contribution is 2.19. The number of rotatable bonds is 3. The van der Waals surface area contributed by atoms with Gasteiger partial charge in [-0.25, -0.2) is 9.97 Å². The standard InChI is InChI=1S/C11H9ClN2S/c12-10-6-13-11(14-7-10)15-8-9-4-2-1-3-5-9/h1-7H,8H2. The molecule has 15 heavy (non-hydrogen) atoms. The fourth-order valence-electron chi connectivity index (χ4n) is 1.10. The maximum atomic E-state index is 5.69. The average Bonchev–Trinajstić information content (AvgIpc) is 2.30. The second-order valence-corrected chi connectivity index (χ2v) is 4.34. The van der Waals surface area contributed by atoms with Crippen molar-refractivity contribution in [2.75, 3.05) is 0 Å². The molecule has 2 nitrogen and oxygen atoms in total. The molecule has 0 aliphatic heterocycles. The summed E-state index contributed by atoms with van der Waals surface area (Å²) in [7, 11) is 0. The van der Waals surface area contributed by atoms with Crippen molar-refractivity contribution in [2.24, 2.45) is 0 Å². The van der Waals surface area contributed by atoms with Gasteiger partial charge in [-0.15, -0.1) is 0 Å². The summed E-state index contributed by atoms with van der Waals surface area (Å²) in [4.78, 5) is 8.23. The van der Waals surface area contributed by atoms with Crippen LogP contribution in [0.25, 0.3) is 0 Å². The number of benzene rings is 1. The summed E-state index contributed by atoms with van der Waals surface area (Å²) in [5.74, 6) is 0.877. The van der Waals surface area contributed by atoms with Gasteiger partial charge in [-0.3, -0.25) is 0 Å². The van der Waals surface area contributed by atoms with Gasteiger partial charge >= 0.3 is 0 Å². The first-order valence-corrected chi connectivity index (χ1v) is 5.85. The number of aromatic nitrogens is 2. The normalized spacial score (nSPS) is 10.2. The summed E-state index contributed by atoms with van der Waals surface area (Å²) >= 11 is 7.30. The zero-order valence-corrected chi connectivity index (χ0v) is 9.50. The van der Waals surface area contributed by atoms with Crippen molar-refractivity contribution in [1.29, 1.82) is 0 Å². The molecule has 0 atom stereocenters. The van der Waals surface area contributed by atoms with Crippen molar-refractivity contribution in [1.82, 2.24) is 9.97 Å². The van der Waals surface area contributed by atoms with Crippen LogP contribution in [0.4, 0.5) is 0 Å². The molecule has 0 saturated carbocycles. The highest BCUT2D eigenvalue weighted by Gasteiger charge is 1.98. The van der Waals surface area contributed by atoms with E-state index < -0.39 is 0 Å². The summed E-state index contributed by atoms with van der Waals surface area (Å²) in [5.41, 5.74) is 1.26. The quantitative estimate of drug-likeness (QED) is 0.603. The summed E-state index contributed by atoms with van der Waals surface area (Å²) in [6.07, 6.45) is 3.23. The smallest absolute Gasteiger partial charge is 0.187 e. The van der Waals surface area contributed by atoms with Gasteiger partial charge in [-0.1, -0.05) is 53.7 Å². The summed E-state index contributed by atoms with van der Waals surface area (Å²) in [6, 6.07) is 10.2. The van der Waals surface area contributed by atoms with E-state index in [2.05, 4.69) is 22.1 Å². The van der Waals surface area contributed by atoms with Gasteiger partial charge < -0.3 is 0 Å². The van der Waals surface area contributed by atoms with Crippen molar-refractivity contribution in [3.8, 4) is 0 Å². The van der Waals surface area contributed by atoms with E-state index in [9.17, 15) is 0 Å². The lowest BCUT2D eigenvalue weighted by molar-refractivity contribution is 0.966. The second kappa shape index (κ2) is 5.14. The SMILES string of the molecule is Clc1cnc(SCc2ccccc2)nc1. The lowest BCUT2D eigenvalue weighted by Crippen LogP contribution is -1.86. The predicted octanol–water partition coefficient (Wildman–Crippen LogP) is 3.42. The molecule has 0 fully saturated rings. The van der Waals surface area contributed by atoms with Gasteiger partial charge in [0.25, 0.3) is 0 Å². The minimum atomic E-state index is 0.569. The summed E-state index contributed by atoms with van der Waals surface area (Å²) in [6.45, 7) is 0. The van der Waals surface area contributed by atoms with Crippen molar-refractivity contribution >= 4 is 23.4 Å². The Balaban J connectivity index is 1.96. The van der Waals surface area contributed by atoms with Crippen LogP contribution in [0.2, 0.25) is 5.02 Å². The Morgan fingerprint density at radius 2 is 1.73 bits per heavy atom. The van der Waals surface area contributed by atoms with Gasteiger partial charge in [0.1, 0.15) is 0 Å². The minimum absolute atomic E-state index is 0.569. The number of hydrogen-bond donors (Lipinski definition) is 0. The first-order valence-electron chi connectivity index (χ1n) is 4.49. The van der Waals surface area contributed by atoms with Gasteiger partial charge in [-0.05, 0) is 5.56 Å². The summed E-state index contributed by atoms with van der Waals surface area (Å²) < 4.78 is 0. The van der Waals surface area contributed by atoms with Crippen molar-refractivity contribution in [3.05, 3.63) is 53.3 Å². The summed E-state index contributed by atoms with van der Waals surface area (Å²) in [5, 5.41) is 1.32. The molecule has 0 amide bonds. The molecule has 1 aromatic heterocycles. The van der Waals surface area contributed by atoms with E-state index in [1.54, 1.807) is 24.2 Å². The van der Waals surface area contributed by atoms with Crippen molar-refractivity contribution in [2.45, 2.75) is 10.9 Å². The van der Waals surface area contributed by atoms with Crippen molar-refractivity contribution < 1.29 is 0 Å². The van der Waals surface area contributed by atoms with Crippen LogP contribution in [0, 0.1) is 0 Å². The monoisotopic (exact) mass is 236 g/mol. The number of thioether (sulfide) groups is 1. The van der Waals surface area contributed by atoms with Crippen LogP contribution >= 0.6 is 23.4 Å². The Morgan fingerprint density at radius 1 is 1.07 bits per heavy atom. The Labute approximate surface area is 97.7 Å². The van der Waals surface area contributed by atoms with Crippen LogP contribution in [0.3, 0.4) is 0 Å². The van der Waals surface area contributed by atoms with E-state index in [0.29, 0.717) is 5.02 Å². The second-order valence-electron chi connectivity index (χ2n) is 2.96. The third kappa shape index (κ3) is 3.22. The third-order valence-electron chi connectivity index (χ3n) is 1.81. The largest absolute Gasteiger partial charge is 0.230 e. The van der Waals surface area contributed by atoms with Crippen LogP contribution in [0.5, 0.6) is 0 Å². The molecule has 0 aliphatic rings. The highest BCUT2D eigenvalue weighted by molar-refractivity contribution is 7.98. The van der Waals surface area contributed by atoms with Gasteiger partial charge in [0.05, 0.1) is 17.4 Å². The first-order chi connectivity index (χ1) is 7.34. The van der Waals surface area contributed by atoms with Crippen LogP contribution in [-0.2, 0) is 5.75 Å². The van der Waals surface area contributed by atoms with E-state index in [1.807, 2.05) is 18.2 Å². The molecule has 0 aliphatic carbocycles. The molecule has 0 bridgehead atoms. The lowest BCUT2D eigenvalue weighted by atomic mass is 10.2. The zero-order chi connectivity index (χ0) is 10.5. The molecule has 0 radical (unpaired) electrons. The van der Waals surface area contributed by atoms with Crippen LogP contribution in [-0.4, -0.2) is 9.97 Å². The molecule has 4 heteroatoms. The molecule has 0 saturated heterocycles. The van der Waals surface area contributed by atoms with Gasteiger partial charge in [0.15, 0.2) is 5.16 Å². The molecule has 2 rings (SSSR count). The van der Waals surface area contributed by atoms with Crippen LogP contribution in [0.1, 0.15) is 5.56 Å². The molecular weight excluding hydrogens is 228 g/mol. The van der Waals surface area contributed by atoms with Gasteiger partial charge in [-0.2, -0.15) is 0 Å². The van der Waals surface area contributed by atoms with E-state index in [1.165, 1.54) is 5.56 Å². The van der Waals surface area contributed by atoms with E-state index in [0.717, 1.165) is 10.9 Å². The maximum Gasteiger partial charge on any atom is 0.187 e. The Bertz CT molecular complexity index is 416. The molecule has 2 aromatic rings. The first kappa shape index (κ1) is 10.5. The Morgan fingerprint density at radius 3 is 2.40 bits per heavy atom. The van der Waals surface area contributed by atoms with E-state index >= 15 is 0 Å². The van der Waals surface area contributed by atoms with E-state index in [4.69, 9.17) is 11.6 Å². The van der Waals surface area contributed by atoms with Gasteiger partial charge in [0, 0.05) is 5.75 Å². The fourth-order valence-corrected chi connectivity index (χ4v) is 1.94. The topological polar surface area (TPSA) is 25.8 Å². The van der Waals surface area contributed by atoms with Crippen LogP contribution < -0.4 is 0 Å². The average molecular weight is 237 g/mol. The zero-order valence-electron chi connectivity index (χ0n) is 7.93. The highest BCUT2D eigenvalue weighted by atomic mass is 35.5. The Hall–Kier alpha value is -1.06. The van der Waals surface area contributed by atoms with Crippen molar-refractivity contribution in [3.63, 3.8) is 0 Å². The fraction of sp³-hybridized carbons (Fsp3) is 0.0909. The molecule has 1 heterocycles. The van der Waals surface area contributed by atoms with Gasteiger partial charge in [0.2, 0.25) is 0 Å². The maximum absolute atomic E-state index is 5.69. The molecule has 0 spiro atoms. The minimum Gasteiger partial charge on any atom is -0.230 e. The predicted molar refractivity (Wildman–Crippen MR) is 63.0 cm³/mol. The lowest BCUT2D eigenvalue weighted by Gasteiger charge is -1.99.